The number of ether oxygens (including phenoxy) is 3. The molecule has 0 heterocycles. The van der Waals surface area contributed by atoms with E-state index in [0.29, 0.717) is 5.56 Å². The van der Waals surface area contributed by atoms with E-state index in [4.69, 9.17) is 14.2 Å². The first kappa shape index (κ1) is 27.9. The second kappa shape index (κ2) is 15.6. The van der Waals surface area contributed by atoms with Gasteiger partial charge in [-0.2, -0.15) is 0 Å². The lowest BCUT2D eigenvalue weighted by Crippen LogP contribution is -2.14. The first-order valence-corrected chi connectivity index (χ1v) is 11.5. The van der Waals surface area contributed by atoms with Crippen LogP contribution in [0.15, 0.2) is 36.4 Å². The molecule has 0 bridgehead atoms. The molecule has 0 spiro atoms. The normalized spacial score (nSPS) is 11.4. The summed E-state index contributed by atoms with van der Waals surface area (Å²) in [5.74, 6) is -2.26. The molecule has 178 valence electrons. The third-order valence-electron chi connectivity index (χ3n) is 4.92. The number of hydrogen-bond donors (Lipinski definition) is 1. The fourth-order valence-corrected chi connectivity index (χ4v) is 3.37. The Morgan fingerprint density at radius 2 is 1.78 bits per heavy atom. The number of methoxy groups -OCH3 is 1. The highest BCUT2D eigenvalue weighted by molar-refractivity contribution is 6.15. The van der Waals surface area contributed by atoms with Gasteiger partial charge in [0.05, 0.1) is 12.7 Å². The van der Waals surface area contributed by atoms with Gasteiger partial charge in [-0.25, -0.2) is 9.18 Å². The molecule has 2 rings (SSSR count). The summed E-state index contributed by atoms with van der Waals surface area (Å²) in [5.41, 5.74) is 2.09. The van der Waals surface area contributed by atoms with E-state index in [0.717, 1.165) is 18.4 Å². The number of aryl methyl sites for hydroxylation is 1. The number of aromatic carboxylic acids is 1. The first-order chi connectivity index (χ1) is 15.5. The number of carboxylic acids is 1. The summed E-state index contributed by atoms with van der Waals surface area (Å²) >= 11 is 4.64. The van der Waals surface area contributed by atoms with Crippen molar-refractivity contribution in [3.8, 4) is 5.75 Å². The van der Waals surface area contributed by atoms with Gasteiger partial charge < -0.3 is 19.3 Å². The van der Waals surface area contributed by atoms with Crippen LogP contribution in [0, 0.1) is 5.82 Å². The van der Waals surface area contributed by atoms with Gasteiger partial charge in [-0.15, -0.1) is 11.6 Å². The molecule has 7 heteroatoms. The summed E-state index contributed by atoms with van der Waals surface area (Å²) in [6.45, 7) is 4.19. The third kappa shape index (κ3) is 8.41. The lowest BCUT2D eigenvalue weighted by Gasteiger charge is -2.20. The van der Waals surface area contributed by atoms with Crippen molar-refractivity contribution >= 4 is 17.6 Å². The molecule has 0 radical (unpaired) electrons. The van der Waals surface area contributed by atoms with E-state index in [9.17, 15) is 14.3 Å². The number of alkyl halides is 1. The summed E-state index contributed by atoms with van der Waals surface area (Å²) in [7, 11) is 1.52. The Morgan fingerprint density at radius 3 is 2.34 bits per heavy atom. The van der Waals surface area contributed by atoms with Crippen LogP contribution in [0.25, 0.3) is 0 Å². The molecule has 1 unspecified atom stereocenters. The zero-order valence-electron chi connectivity index (χ0n) is 19.3. The summed E-state index contributed by atoms with van der Waals surface area (Å²) in [6, 6.07) is 11.1. The first-order valence-electron chi connectivity index (χ1n) is 10.8. The van der Waals surface area contributed by atoms with Crippen LogP contribution in [-0.2, 0) is 22.3 Å². The topological polar surface area (TPSA) is 65.0 Å². The van der Waals surface area contributed by atoms with Crippen molar-refractivity contribution in [3.05, 3.63) is 64.5 Å². The highest BCUT2D eigenvalue weighted by atomic mass is 35.5. The fraction of sp³-hybridized carbons (Fsp3) is 0.480. The van der Waals surface area contributed by atoms with E-state index in [2.05, 4.69) is 30.7 Å². The average molecular weight is 469 g/mol. The number of benzene rings is 2. The highest BCUT2D eigenvalue weighted by Crippen LogP contribution is 2.30. The number of hydrogen-bond acceptors (Lipinski definition) is 4. The Bertz CT molecular complexity index is 811. The lowest BCUT2D eigenvalue weighted by atomic mass is 9.95. The van der Waals surface area contributed by atoms with Crippen LogP contribution >= 0.6 is 11.6 Å². The Kier molecular flexibility index (Phi) is 13.6. The molecule has 0 aliphatic carbocycles. The molecule has 0 aliphatic rings. The van der Waals surface area contributed by atoms with Gasteiger partial charge >= 0.3 is 5.97 Å². The van der Waals surface area contributed by atoms with Crippen molar-refractivity contribution in [1.29, 1.82) is 0 Å². The fourth-order valence-electron chi connectivity index (χ4n) is 3.37. The Morgan fingerprint density at radius 1 is 1.09 bits per heavy atom. The van der Waals surface area contributed by atoms with E-state index in [1.165, 1.54) is 38.0 Å². The molecule has 2 aromatic rings. The van der Waals surface area contributed by atoms with Crippen molar-refractivity contribution < 1.29 is 28.5 Å². The Hall–Kier alpha value is -2.15. The number of carboxylic acid groups (broad SMARTS) is 1. The second-order valence-corrected chi connectivity index (χ2v) is 7.11. The summed E-state index contributed by atoms with van der Waals surface area (Å²) in [4.78, 5) is 11.7. The summed E-state index contributed by atoms with van der Waals surface area (Å²) in [6.07, 6.45) is 5.74. The van der Waals surface area contributed by atoms with Crippen molar-refractivity contribution in [2.24, 2.45) is 0 Å². The molecule has 0 amide bonds. The second-order valence-electron chi connectivity index (χ2n) is 7.11. The van der Waals surface area contributed by atoms with Crippen molar-refractivity contribution in [1.82, 2.24) is 0 Å². The maximum absolute atomic E-state index is 14.7. The highest BCUT2D eigenvalue weighted by Gasteiger charge is 2.23. The third-order valence-corrected chi connectivity index (χ3v) is 4.92. The van der Waals surface area contributed by atoms with E-state index in [1.54, 1.807) is 13.0 Å². The molecule has 1 N–H and O–H groups in total. The minimum Gasteiger partial charge on any atom is -0.491 e. The average Bonchev–Trinajstić information content (AvgIpc) is 2.80. The number of rotatable bonds is 13. The molecule has 0 saturated heterocycles. The maximum atomic E-state index is 14.7. The quantitative estimate of drug-likeness (QED) is 0.209. The van der Waals surface area contributed by atoms with Crippen LogP contribution in [0.5, 0.6) is 5.75 Å². The SMILES string of the molecule is CCCCCc1ccc(C(Cc2ccc(OCC)c(F)c2C(=O)O)OCOC)cc1.CCl. The minimum atomic E-state index is -1.33. The molecule has 0 fully saturated rings. The number of unbranched alkanes of at least 4 members (excludes halogenated alkanes) is 2. The van der Waals surface area contributed by atoms with E-state index < -0.39 is 17.9 Å². The largest absolute Gasteiger partial charge is 0.491 e. The Balaban J connectivity index is 0.00000249. The molecular formula is C25H34ClFO5. The number of halogens is 2. The van der Waals surface area contributed by atoms with Crippen molar-refractivity contribution in [2.75, 3.05) is 26.9 Å². The van der Waals surface area contributed by atoms with Crippen molar-refractivity contribution in [3.63, 3.8) is 0 Å². The van der Waals surface area contributed by atoms with Gasteiger partial charge in [-0.1, -0.05) is 50.1 Å². The van der Waals surface area contributed by atoms with E-state index in [-0.39, 0.29) is 31.1 Å². The van der Waals surface area contributed by atoms with Gasteiger partial charge in [0.1, 0.15) is 12.4 Å². The van der Waals surface area contributed by atoms with Gasteiger partial charge in [0.25, 0.3) is 0 Å². The van der Waals surface area contributed by atoms with Crippen LogP contribution in [-0.4, -0.2) is 38.0 Å². The molecule has 32 heavy (non-hydrogen) atoms. The van der Waals surface area contributed by atoms with E-state index >= 15 is 0 Å². The maximum Gasteiger partial charge on any atom is 0.339 e. The molecule has 5 nitrogen and oxygen atoms in total. The minimum absolute atomic E-state index is 0.0465. The van der Waals surface area contributed by atoms with Crippen LogP contribution in [0.4, 0.5) is 4.39 Å². The van der Waals surface area contributed by atoms with Gasteiger partial charge in [-0.05, 0) is 42.5 Å². The molecule has 0 aromatic heterocycles. The molecular weight excluding hydrogens is 435 g/mol. The zero-order chi connectivity index (χ0) is 23.9. The van der Waals surface area contributed by atoms with Crippen LogP contribution in [0.2, 0.25) is 0 Å². The molecule has 0 aliphatic heterocycles. The number of carbonyl (C=O) groups is 1. The summed E-state index contributed by atoms with van der Waals surface area (Å²) < 4.78 is 30.7. The van der Waals surface area contributed by atoms with Gasteiger partial charge in [0, 0.05) is 19.9 Å². The molecule has 1 atom stereocenters. The standard InChI is InChI=1S/C24H31FO5.CH3Cl/c1-4-6-7-8-17-9-11-18(12-10-17)21(30-16-28-3)15-19-13-14-20(29-5-2)23(25)22(19)24(26)27;1-2/h9-14,21H,4-8,15-16H2,1-3H3,(H,26,27);1H3. The van der Waals surface area contributed by atoms with E-state index in [1.807, 2.05) is 12.1 Å². The summed E-state index contributed by atoms with van der Waals surface area (Å²) in [5, 5.41) is 9.58. The van der Waals surface area contributed by atoms with Crippen LogP contribution in [0.3, 0.4) is 0 Å². The smallest absolute Gasteiger partial charge is 0.339 e. The van der Waals surface area contributed by atoms with Crippen molar-refractivity contribution in [2.45, 2.75) is 52.1 Å². The van der Waals surface area contributed by atoms with Gasteiger partial charge in [-0.3, -0.25) is 0 Å². The Labute approximate surface area is 195 Å². The monoisotopic (exact) mass is 468 g/mol. The van der Waals surface area contributed by atoms with Gasteiger partial charge in [0.2, 0.25) is 0 Å². The van der Waals surface area contributed by atoms with Gasteiger partial charge in [0.15, 0.2) is 11.6 Å². The predicted octanol–water partition coefficient (Wildman–Crippen LogP) is 6.41. The lowest BCUT2D eigenvalue weighted by molar-refractivity contribution is -0.0730. The molecule has 2 aromatic carbocycles. The predicted molar refractivity (Wildman–Crippen MR) is 125 cm³/mol. The van der Waals surface area contributed by atoms with Crippen LogP contribution < -0.4 is 4.74 Å². The zero-order valence-corrected chi connectivity index (χ0v) is 20.1. The molecule has 0 saturated carbocycles. The van der Waals surface area contributed by atoms with Crippen LogP contribution in [0.1, 0.15) is 66.3 Å².